The Balaban J connectivity index is 1.27. The highest BCUT2D eigenvalue weighted by Crippen LogP contribution is 2.28. The fraction of sp³-hybridized carbons (Fsp3) is 0.222. The predicted octanol–water partition coefficient (Wildman–Crippen LogP) is 3.33. The van der Waals surface area contributed by atoms with Crippen molar-refractivity contribution in [1.82, 2.24) is 20.3 Å². The zero-order valence-electron chi connectivity index (χ0n) is 19.7. The van der Waals surface area contributed by atoms with E-state index >= 15 is 0 Å². The number of Topliss-reactive ketones (excluding diaryl/α,β-unsaturated/α-hetero) is 1. The SMILES string of the molecule is CC(=O)C1=Cc2cnc(Nc3cccc(-c4cnc5c(=O)cc(N6CCNCC6)oc5c4)c3)nc2C1. The molecule has 6 rings (SSSR count). The van der Waals surface area contributed by atoms with Crippen LogP contribution in [-0.2, 0) is 11.2 Å². The van der Waals surface area contributed by atoms with Crippen LogP contribution < -0.4 is 21.0 Å². The number of rotatable bonds is 5. The second-order valence-electron chi connectivity index (χ2n) is 8.96. The van der Waals surface area contributed by atoms with Crippen LogP contribution in [0.1, 0.15) is 18.2 Å². The Morgan fingerprint density at radius 2 is 1.94 bits per heavy atom. The molecule has 2 N–H and O–H groups in total. The quantitative estimate of drug-likeness (QED) is 0.444. The zero-order valence-corrected chi connectivity index (χ0v) is 19.7. The summed E-state index contributed by atoms with van der Waals surface area (Å²) in [6, 6.07) is 11.2. The van der Waals surface area contributed by atoms with E-state index in [1.807, 2.05) is 36.4 Å². The van der Waals surface area contributed by atoms with Gasteiger partial charge in [0, 0.05) is 73.4 Å². The number of benzene rings is 1. The number of allylic oxidation sites excluding steroid dienone is 1. The van der Waals surface area contributed by atoms with Crippen LogP contribution in [0, 0.1) is 0 Å². The molecule has 0 unspecified atom stereocenters. The minimum atomic E-state index is -0.150. The van der Waals surface area contributed by atoms with Crippen molar-refractivity contribution in [3.63, 3.8) is 0 Å². The molecule has 1 aromatic carbocycles. The van der Waals surface area contributed by atoms with Gasteiger partial charge >= 0.3 is 0 Å². The maximum Gasteiger partial charge on any atom is 0.227 e. The molecule has 0 saturated carbocycles. The van der Waals surface area contributed by atoms with Gasteiger partial charge in [-0.05, 0) is 36.8 Å². The van der Waals surface area contributed by atoms with Gasteiger partial charge in [0.1, 0.15) is 0 Å². The molecule has 1 fully saturated rings. The molecule has 4 heterocycles. The van der Waals surface area contributed by atoms with Gasteiger partial charge in [-0.1, -0.05) is 12.1 Å². The number of ketones is 1. The lowest BCUT2D eigenvalue weighted by atomic mass is 10.1. The summed E-state index contributed by atoms with van der Waals surface area (Å²) in [6.45, 7) is 4.83. The Morgan fingerprint density at radius 1 is 1.08 bits per heavy atom. The molecule has 4 aromatic rings. The Hall–Kier alpha value is -4.37. The standard InChI is InChI=1S/C27H24N6O3/c1-16(34)18-9-20-15-30-27(32-22(20)11-18)31-21-4-2-3-17(10-21)19-12-24-26(29-14-19)23(35)13-25(36-24)33-7-5-28-6-8-33/h2-4,9-10,12-15,28H,5-8,11H2,1H3,(H,30,31,32). The average Bonchev–Trinajstić information content (AvgIpc) is 3.33. The molecule has 0 atom stereocenters. The second kappa shape index (κ2) is 9.01. The van der Waals surface area contributed by atoms with Crippen LogP contribution >= 0.6 is 0 Å². The zero-order chi connectivity index (χ0) is 24.6. The maximum atomic E-state index is 12.7. The van der Waals surface area contributed by atoms with Gasteiger partial charge < -0.3 is 20.0 Å². The van der Waals surface area contributed by atoms with Gasteiger partial charge in [0.25, 0.3) is 0 Å². The van der Waals surface area contributed by atoms with Crippen LogP contribution in [0.3, 0.4) is 0 Å². The van der Waals surface area contributed by atoms with E-state index in [4.69, 9.17) is 4.42 Å². The van der Waals surface area contributed by atoms with Crippen molar-refractivity contribution in [3.05, 3.63) is 75.8 Å². The van der Waals surface area contributed by atoms with Crippen molar-refractivity contribution in [2.45, 2.75) is 13.3 Å². The Bertz CT molecular complexity index is 1590. The van der Waals surface area contributed by atoms with Gasteiger partial charge in [0.15, 0.2) is 22.8 Å². The summed E-state index contributed by atoms with van der Waals surface area (Å²) >= 11 is 0. The van der Waals surface area contributed by atoms with Crippen molar-refractivity contribution < 1.29 is 9.21 Å². The second-order valence-corrected chi connectivity index (χ2v) is 8.96. The minimum Gasteiger partial charge on any atom is -0.439 e. The molecule has 9 nitrogen and oxygen atoms in total. The van der Waals surface area contributed by atoms with E-state index in [2.05, 4.69) is 30.5 Å². The van der Waals surface area contributed by atoms with Gasteiger partial charge in [-0.2, -0.15) is 0 Å². The third kappa shape index (κ3) is 4.25. The smallest absolute Gasteiger partial charge is 0.227 e. The molecule has 9 heteroatoms. The van der Waals surface area contributed by atoms with Crippen molar-refractivity contribution in [2.75, 3.05) is 36.4 Å². The van der Waals surface area contributed by atoms with Crippen LogP contribution in [0.15, 0.2) is 63.6 Å². The number of aromatic nitrogens is 3. The van der Waals surface area contributed by atoms with Crippen molar-refractivity contribution in [2.24, 2.45) is 0 Å². The molecule has 1 saturated heterocycles. The average molecular weight is 481 g/mol. The largest absolute Gasteiger partial charge is 0.439 e. The molecule has 3 aromatic heterocycles. The van der Waals surface area contributed by atoms with E-state index in [0.29, 0.717) is 29.4 Å². The molecule has 0 amide bonds. The van der Waals surface area contributed by atoms with Crippen LogP contribution in [0.5, 0.6) is 0 Å². The fourth-order valence-electron chi connectivity index (χ4n) is 4.53. The van der Waals surface area contributed by atoms with Gasteiger partial charge in [-0.25, -0.2) is 15.0 Å². The lowest BCUT2D eigenvalue weighted by Crippen LogP contribution is -2.43. The molecule has 1 aliphatic heterocycles. The highest BCUT2D eigenvalue weighted by molar-refractivity contribution is 6.00. The first-order valence-corrected chi connectivity index (χ1v) is 11.9. The topological polar surface area (TPSA) is 113 Å². The van der Waals surface area contributed by atoms with Gasteiger partial charge in [0.05, 0.1) is 5.69 Å². The third-order valence-corrected chi connectivity index (χ3v) is 6.48. The van der Waals surface area contributed by atoms with Crippen LogP contribution in [0.2, 0.25) is 0 Å². The van der Waals surface area contributed by atoms with Gasteiger partial charge in [0.2, 0.25) is 11.4 Å². The normalized spacial score (nSPS) is 15.0. The van der Waals surface area contributed by atoms with E-state index in [-0.39, 0.29) is 11.2 Å². The number of fused-ring (bicyclic) bond motifs is 2. The number of hydrogen-bond donors (Lipinski definition) is 2. The highest BCUT2D eigenvalue weighted by atomic mass is 16.4. The highest BCUT2D eigenvalue weighted by Gasteiger charge is 2.19. The van der Waals surface area contributed by atoms with E-state index in [1.165, 1.54) is 6.07 Å². The van der Waals surface area contributed by atoms with Crippen LogP contribution in [0.4, 0.5) is 17.5 Å². The molecule has 180 valence electrons. The summed E-state index contributed by atoms with van der Waals surface area (Å²) < 4.78 is 6.11. The summed E-state index contributed by atoms with van der Waals surface area (Å²) in [4.78, 5) is 39.8. The number of carbonyl (C=O) groups excluding carboxylic acids is 1. The predicted molar refractivity (Wildman–Crippen MR) is 138 cm³/mol. The molecule has 36 heavy (non-hydrogen) atoms. The number of nitrogens with one attached hydrogen (secondary N) is 2. The Labute approximate surface area is 206 Å². The summed E-state index contributed by atoms with van der Waals surface area (Å²) in [6.07, 6.45) is 5.78. The molecular formula is C27H24N6O3. The molecular weight excluding hydrogens is 456 g/mol. The molecule has 1 aliphatic carbocycles. The van der Waals surface area contributed by atoms with E-state index < -0.39 is 0 Å². The number of piperazine rings is 1. The summed E-state index contributed by atoms with van der Waals surface area (Å²) in [7, 11) is 0. The van der Waals surface area contributed by atoms with Crippen molar-refractivity contribution in [3.8, 4) is 11.1 Å². The minimum absolute atomic E-state index is 0.0510. The molecule has 0 spiro atoms. The number of hydrogen-bond acceptors (Lipinski definition) is 9. The molecule has 0 radical (unpaired) electrons. The van der Waals surface area contributed by atoms with Crippen LogP contribution in [0.25, 0.3) is 28.3 Å². The summed E-state index contributed by atoms with van der Waals surface area (Å²) in [5.41, 5.74) is 5.63. The van der Waals surface area contributed by atoms with E-state index in [9.17, 15) is 9.59 Å². The maximum absolute atomic E-state index is 12.7. The summed E-state index contributed by atoms with van der Waals surface area (Å²) in [5.74, 6) is 1.09. The monoisotopic (exact) mass is 480 g/mol. The number of nitrogens with zero attached hydrogens (tertiary/aromatic N) is 4. The molecule has 2 aliphatic rings. The summed E-state index contributed by atoms with van der Waals surface area (Å²) in [5, 5.41) is 6.55. The number of anilines is 3. The van der Waals surface area contributed by atoms with Gasteiger partial charge in [-0.3, -0.25) is 9.59 Å². The number of pyridine rings is 1. The Morgan fingerprint density at radius 3 is 2.78 bits per heavy atom. The lowest BCUT2D eigenvalue weighted by molar-refractivity contribution is -0.113. The van der Waals surface area contributed by atoms with Crippen molar-refractivity contribution >= 4 is 40.5 Å². The first-order valence-electron chi connectivity index (χ1n) is 11.9. The first kappa shape index (κ1) is 22.1. The van der Waals surface area contributed by atoms with Crippen LogP contribution in [-0.4, -0.2) is 46.9 Å². The van der Waals surface area contributed by atoms with E-state index in [0.717, 1.165) is 59.8 Å². The number of carbonyl (C=O) groups is 1. The lowest BCUT2D eigenvalue weighted by Gasteiger charge is -2.27. The van der Waals surface area contributed by atoms with Gasteiger partial charge in [-0.15, -0.1) is 0 Å². The fourth-order valence-corrected chi connectivity index (χ4v) is 4.53. The van der Waals surface area contributed by atoms with E-state index in [1.54, 1.807) is 19.3 Å². The first-order chi connectivity index (χ1) is 17.5. The Kier molecular flexibility index (Phi) is 5.54. The molecule has 0 bridgehead atoms. The van der Waals surface area contributed by atoms with Crippen molar-refractivity contribution in [1.29, 1.82) is 0 Å². The third-order valence-electron chi connectivity index (χ3n) is 6.48.